The van der Waals surface area contributed by atoms with Gasteiger partial charge in [0.2, 0.25) is 0 Å². The number of H-pyrrole nitrogens is 1. The van der Waals surface area contributed by atoms with E-state index in [2.05, 4.69) is 25.3 Å². The van der Waals surface area contributed by atoms with E-state index in [1.54, 1.807) is 23.7 Å². The SMILES string of the molecule is CCOc1scc(C)c1-c1nc2nccnc2[nH]1. The first kappa shape index (κ1) is 11.2. The molecular formula is C12H12N4OS. The number of nitrogens with zero attached hydrogens (tertiary/aromatic N) is 3. The fourth-order valence-electron chi connectivity index (χ4n) is 1.81. The van der Waals surface area contributed by atoms with E-state index in [0.29, 0.717) is 17.9 Å². The van der Waals surface area contributed by atoms with Crippen LogP contribution in [0.1, 0.15) is 12.5 Å². The lowest BCUT2D eigenvalue weighted by Crippen LogP contribution is -1.92. The van der Waals surface area contributed by atoms with Gasteiger partial charge in [0.15, 0.2) is 16.4 Å². The molecule has 0 aliphatic heterocycles. The molecule has 0 aromatic carbocycles. The lowest BCUT2D eigenvalue weighted by atomic mass is 10.2. The van der Waals surface area contributed by atoms with Gasteiger partial charge < -0.3 is 9.72 Å². The van der Waals surface area contributed by atoms with Gasteiger partial charge in [-0.2, -0.15) is 0 Å². The molecule has 0 aliphatic rings. The van der Waals surface area contributed by atoms with E-state index in [-0.39, 0.29) is 0 Å². The van der Waals surface area contributed by atoms with Crippen molar-refractivity contribution in [2.24, 2.45) is 0 Å². The van der Waals surface area contributed by atoms with Gasteiger partial charge in [-0.3, -0.25) is 0 Å². The molecule has 1 N–H and O–H groups in total. The fraction of sp³-hybridized carbons (Fsp3) is 0.250. The van der Waals surface area contributed by atoms with E-state index in [1.807, 2.05) is 13.8 Å². The molecule has 92 valence electrons. The van der Waals surface area contributed by atoms with Crippen molar-refractivity contribution in [3.63, 3.8) is 0 Å². The highest BCUT2D eigenvalue weighted by molar-refractivity contribution is 7.12. The fourth-order valence-corrected chi connectivity index (χ4v) is 2.77. The summed E-state index contributed by atoms with van der Waals surface area (Å²) >= 11 is 1.58. The van der Waals surface area contributed by atoms with E-state index in [1.165, 1.54) is 0 Å². The van der Waals surface area contributed by atoms with E-state index < -0.39 is 0 Å². The number of nitrogens with one attached hydrogen (secondary N) is 1. The molecule has 0 bridgehead atoms. The minimum absolute atomic E-state index is 0.626. The maximum atomic E-state index is 5.63. The van der Waals surface area contributed by atoms with Gasteiger partial charge in [0.1, 0.15) is 5.82 Å². The summed E-state index contributed by atoms with van der Waals surface area (Å²) in [6.45, 7) is 4.66. The average molecular weight is 260 g/mol. The van der Waals surface area contributed by atoms with Gasteiger partial charge in [0.05, 0.1) is 12.2 Å². The first-order chi connectivity index (χ1) is 8.79. The Bertz CT molecular complexity index is 655. The maximum Gasteiger partial charge on any atom is 0.197 e. The smallest absolute Gasteiger partial charge is 0.197 e. The summed E-state index contributed by atoms with van der Waals surface area (Å²) in [5.41, 5.74) is 3.46. The Morgan fingerprint density at radius 2 is 2.17 bits per heavy atom. The summed E-state index contributed by atoms with van der Waals surface area (Å²) in [4.78, 5) is 16.0. The molecule has 18 heavy (non-hydrogen) atoms. The number of hydrogen-bond acceptors (Lipinski definition) is 5. The van der Waals surface area contributed by atoms with Crippen LogP contribution in [0.2, 0.25) is 0 Å². The lowest BCUT2D eigenvalue weighted by molar-refractivity contribution is 0.351. The van der Waals surface area contributed by atoms with Crippen LogP contribution in [0.4, 0.5) is 0 Å². The molecule has 0 atom stereocenters. The number of aryl methyl sites for hydroxylation is 1. The van der Waals surface area contributed by atoms with Crippen molar-refractivity contribution in [2.75, 3.05) is 6.61 Å². The first-order valence-electron chi connectivity index (χ1n) is 5.67. The monoisotopic (exact) mass is 260 g/mol. The molecule has 5 nitrogen and oxygen atoms in total. The average Bonchev–Trinajstić information content (AvgIpc) is 2.93. The van der Waals surface area contributed by atoms with Crippen LogP contribution in [0.3, 0.4) is 0 Å². The Labute approximate surface area is 108 Å². The molecule has 0 saturated heterocycles. The van der Waals surface area contributed by atoms with E-state index >= 15 is 0 Å². The normalized spacial score (nSPS) is 11.0. The number of rotatable bonds is 3. The van der Waals surface area contributed by atoms with Crippen molar-refractivity contribution < 1.29 is 4.74 Å². The van der Waals surface area contributed by atoms with Gasteiger partial charge >= 0.3 is 0 Å². The third-order valence-corrected chi connectivity index (χ3v) is 3.59. The van der Waals surface area contributed by atoms with Crippen molar-refractivity contribution in [1.29, 1.82) is 0 Å². The third-order valence-electron chi connectivity index (χ3n) is 2.59. The minimum Gasteiger partial charge on any atom is -0.484 e. The molecular weight excluding hydrogens is 248 g/mol. The van der Waals surface area contributed by atoms with Crippen molar-refractivity contribution in [3.05, 3.63) is 23.3 Å². The van der Waals surface area contributed by atoms with Crippen LogP contribution in [0.15, 0.2) is 17.8 Å². The highest BCUT2D eigenvalue weighted by Gasteiger charge is 2.16. The van der Waals surface area contributed by atoms with Crippen LogP contribution in [-0.2, 0) is 0 Å². The Kier molecular flexibility index (Phi) is 2.71. The number of thiophene rings is 1. The predicted octanol–water partition coefficient (Wildman–Crippen LogP) is 2.79. The molecule has 0 fully saturated rings. The van der Waals surface area contributed by atoms with Crippen LogP contribution < -0.4 is 4.74 Å². The van der Waals surface area contributed by atoms with Gasteiger partial charge in [-0.05, 0) is 24.8 Å². The molecule has 3 aromatic heterocycles. The Balaban J connectivity index is 2.16. The van der Waals surface area contributed by atoms with Crippen molar-refractivity contribution in [2.45, 2.75) is 13.8 Å². The van der Waals surface area contributed by atoms with Crippen molar-refractivity contribution in [1.82, 2.24) is 19.9 Å². The summed E-state index contributed by atoms with van der Waals surface area (Å²) in [6.07, 6.45) is 3.28. The molecule has 0 aliphatic carbocycles. The van der Waals surface area contributed by atoms with Crippen molar-refractivity contribution in [3.8, 4) is 16.5 Å². The summed E-state index contributed by atoms with van der Waals surface area (Å²) in [5, 5.41) is 2.95. The number of aromatic nitrogens is 4. The molecule has 0 amide bonds. The quantitative estimate of drug-likeness (QED) is 0.786. The molecule has 3 aromatic rings. The van der Waals surface area contributed by atoms with E-state index in [4.69, 9.17) is 4.74 Å². The van der Waals surface area contributed by atoms with Gasteiger partial charge in [-0.15, -0.1) is 11.3 Å². The molecule has 3 heterocycles. The molecule has 6 heteroatoms. The minimum atomic E-state index is 0.626. The first-order valence-corrected chi connectivity index (χ1v) is 6.55. The second-order valence-electron chi connectivity index (χ2n) is 3.83. The second-order valence-corrected chi connectivity index (χ2v) is 4.67. The summed E-state index contributed by atoms with van der Waals surface area (Å²) in [6, 6.07) is 0. The second kappa shape index (κ2) is 4.38. The van der Waals surface area contributed by atoms with Gasteiger partial charge in [-0.25, -0.2) is 15.0 Å². The molecule has 0 spiro atoms. The highest BCUT2D eigenvalue weighted by Crippen LogP contribution is 2.37. The molecule has 0 radical (unpaired) electrons. The zero-order valence-corrected chi connectivity index (χ0v) is 10.9. The van der Waals surface area contributed by atoms with Crippen LogP contribution in [0, 0.1) is 6.92 Å². The van der Waals surface area contributed by atoms with Gasteiger partial charge in [-0.1, -0.05) is 0 Å². The van der Waals surface area contributed by atoms with Crippen LogP contribution in [0.5, 0.6) is 5.06 Å². The van der Waals surface area contributed by atoms with Gasteiger partial charge in [0, 0.05) is 12.4 Å². The number of imidazole rings is 1. The standard InChI is InChI=1S/C12H12N4OS/c1-3-17-12-8(7(2)6-18-12)9-15-10-11(16-9)14-5-4-13-10/h4-6H,3H2,1-2H3,(H,13,14,15,16). The third kappa shape index (κ3) is 1.74. The summed E-state index contributed by atoms with van der Waals surface area (Å²) in [5.74, 6) is 0.762. The number of aromatic amines is 1. The zero-order chi connectivity index (χ0) is 12.5. The van der Waals surface area contributed by atoms with Crippen molar-refractivity contribution >= 4 is 22.6 Å². The molecule has 3 rings (SSSR count). The predicted molar refractivity (Wildman–Crippen MR) is 70.9 cm³/mol. The van der Waals surface area contributed by atoms with E-state index in [9.17, 15) is 0 Å². The van der Waals surface area contributed by atoms with Gasteiger partial charge in [0.25, 0.3) is 0 Å². The molecule has 0 saturated carbocycles. The lowest BCUT2D eigenvalue weighted by Gasteiger charge is -2.02. The number of ether oxygens (including phenoxy) is 1. The van der Waals surface area contributed by atoms with E-state index in [0.717, 1.165) is 22.0 Å². The largest absolute Gasteiger partial charge is 0.484 e. The summed E-state index contributed by atoms with van der Waals surface area (Å²) in [7, 11) is 0. The topological polar surface area (TPSA) is 63.7 Å². The van der Waals surface area contributed by atoms with Crippen LogP contribution in [-0.4, -0.2) is 26.5 Å². The Hall–Kier alpha value is -1.95. The van der Waals surface area contributed by atoms with Crippen LogP contribution >= 0.6 is 11.3 Å². The molecule has 0 unspecified atom stereocenters. The number of fused-ring (bicyclic) bond motifs is 1. The van der Waals surface area contributed by atoms with Crippen LogP contribution in [0.25, 0.3) is 22.7 Å². The zero-order valence-electron chi connectivity index (χ0n) is 10.1. The number of hydrogen-bond donors (Lipinski definition) is 1. The highest BCUT2D eigenvalue weighted by atomic mass is 32.1. The Morgan fingerprint density at radius 1 is 1.33 bits per heavy atom. The summed E-state index contributed by atoms with van der Waals surface area (Å²) < 4.78 is 5.63. The Morgan fingerprint density at radius 3 is 2.94 bits per heavy atom. The maximum absolute atomic E-state index is 5.63.